The first-order valence-corrected chi connectivity index (χ1v) is 6.55. The predicted molar refractivity (Wildman–Crippen MR) is 79.9 cm³/mol. The lowest BCUT2D eigenvalue weighted by Crippen LogP contribution is -2.25. The number of aliphatic hydroxyl groups excluding tert-OH is 2. The summed E-state index contributed by atoms with van der Waals surface area (Å²) in [6, 6.07) is 0. The van der Waals surface area contributed by atoms with Crippen LogP contribution in [0.3, 0.4) is 0 Å². The number of aromatic nitrogens is 2. The van der Waals surface area contributed by atoms with Crippen LogP contribution in [-0.2, 0) is 0 Å². The molecule has 0 aromatic carbocycles. The Morgan fingerprint density at radius 3 is 2.45 bits per heavy atom. The number of aliphatic imine (C=N–C) groups is 1. The number of nitrogen functional groups attached to an aromatic ring is 2. The van der Waals surface area contributed by atoms with E-state index in [-0.39, 0.29) is 25.0 Å². The van der Waals surface area contributed by atoms with Gasteiger partial charge in [0.1, 0.15) is 5.69 Å². The van der Waals surface area contributed by atoms with E-state index in [1.54, 1.807) is 13.1 Å². The van der Waals surface area contributed by atoms with Gasteiger partial charge in [0.05, 0.1) is 18.9 Å². The zero-order chi connectivity index (χ0) is 15.2. The average Bonchev–Trinajstić information content (AvgIpc) is 2.40. The van der Waals surface area contributed by atoms with E-state index in [0.717, 1.165) is 19.3 Å². The summed E-state index contributed by atoms with van der Waals surface area (Å²) in [4.78, 5) is 12.1. The van der Waals surface area contributed by atoms with Crippen LogP contribution in [0.15, 0.2) is 4.99 Å². The second-order valence-corrected chi connectivity index (χ2v) is 5.23. The molecular formula is C13H23N5O2. The Morgan fingerprint density at radius 1 is 1.25 bits per heavy atom. The lowest BCUT2D eigenvalue weighted by Gasteiger charge is -2.23. The fourth-order valence-corrected chi connectivity index (χ4v) is 1.76. The molecule has 1 rings (SSSR count). The number of nitrogens with zero attached hydrogens (tertiary/aromatic N) is 3. The first kappa shape index (κ1) is 16.3. The van der Waals surface area contributed by atoms with Gasteiger partial charge in [0, 0.05) is 11.6 Å². The number of hydrogen-bond donors (Lipinski definition) is 4. The Kier molecular flexibility index (Phi) is 5.84. The summed E-state index contributed by atoms with van der Waals surface area (Å²) in [7, 11) is 0. The molecule has 112 valence electrons. The molecule has 0 aliphatic heterocycles. The number of anilines is 2. The van der Waals surface area contributed by atoms with Crippen LogP contribution in [0.1, 0.15) is 31.9 Å². The van der Waals surface area contributed by atoms with Crippen molar-refractivity contribution in [1.82, 2.24) is 9.97 Å². The van der Waals surface area contributed by atoms with E-state index in [4.69, 9.17) is 11.5 Å². The fourth-order valence-electron chi connectivity index (χ4n) is 1.76. The maximum atomic E-state index is 9.18. The molecule has 0 unspecified atom stereocenters. The summed E-state index contributed by atoms with van der Waals surface area (Å²) in [5.41, 5.74) is 12.0. The summed E-state index contributed by atoms with van der Waals surface area (Å²) in [5.74, 6) is 0.405. The molecule has 0 atom stereocenters. The first-order chi connectivity index (χ1) is 9.41. The maximum absolute atomic E-state index is 9.18. The van der Waals surface area contributed by atoms with Crippen LogP contribution in [-0.4, -0.2) is 39.6 Å². The number of aryl methyl sites for hydroxylation is 1. The zero-order valence-corrected chi connectivity index (χ0v) is 12.0. The molecule has 20 heavy (non-hydrogen) atoms. The van der Waals surface area contributed by atoms with Crippen molar-refractivity contribution in [2.75, 3.05) is 24.7 Å². The normalized spacial score (nSPS) is 12.2. The number of unbranched alkanes of at least 4 members (excludes halogenated alkanes) is 1. The van der Waals surface area contributed by atoms with Gasteiger partial charge in [-0.25, -0.2) is 4.98 Å². The summed E-state index contributed by atoms with van der Waals surface area (Å²) < 4.78 is 0. The SMILES string of the molecule is Cc1nc(N)nc(N)c1N=CCCCC(C)(CO)CO. The highest BCUT2D eigenvalue weighted by atomic mass is 16.3. The molecule has 0 aliphatic carbocycles. The zero-order valence-electron chi connectivity index (χ0n) is 12.0. The Hall–Kier alpha value is -1.73. The van der Waals surface area contributed by atoms with Crippen molar-refractivity contribution in [2.24, 2.45) is 10.4 Å². The molecule has 0 bridgehead atoms. The summed E-state index contributed by atoms with van der Waals surface area (Å²) >= 11 is 0. The molecule has 0 spiro atoms. The van der Waals surface area contributed by atoms with Crippen molar-refractivity contribution in [3.8, 4) is 0 Å². The molecule has 7 heteroatoms. The lowest BCUT2D eigenvalue weighted by molar-refractivity contribution is 0.0617. The minimum Gasteiger partial charge on any atom is -0.396 e. The second-order valence-electron chi connectivity index (χ2n) is 5.23. The van der Waals surface area contributed by atoms with Gasteiger partial charge in [-0.1, -0.05) is 6.92 Å². The van der Waals surface area contributed by atoms with Gasteiger partial charge in [-0.3, -0.25) is 4.99 Å². The third-order valence-corrected chi connectivity index (χ3v) is 3.20. The highest BCUT2D eigenvalue weighted by Crippen LogP contribution is 2.24. The largest absolute Gasteiger partial charge is 0.396 e. The molecular weight excluding hydrogens is 258 g/mol. The first-order valence-electron chi connectivity index (χ1n) is 6.55. The highest BCUT2D eigenvalue weighted by molar-refractivity contribution is 5.70. The number of rotatable bonds is 7. The van der Waals surface area contributed by atoms with Gasteiger partial charge >= 0.3 is 0 Å². The Bertz CT molecular complexity index is 449. The minimum absolute atomic E-state index is 0.0293. The van der Waals surface area contributed by atoms with E-state index in [9.17, 15) is 10.2 Å². The molecule has 0 saturated heterocycles. The summed E-state index contributed by atoms with van der Waals surface area (Å²) in [6.07, 6.45) is 4.00. The molecule has 1 heterocycles. The average molecular weight is 281 g/mol. The Balaban J connectivity index is 2.54. The summed E-state index contributed by atoms with van der Waals surface area (Å²) in [5, 5.41) is 18.4. The molecule has 7 nitrogen and oxygen atoms in total. The standard InChI is InChI=1S/C13H23N5O2/c1-9-10(11(14)18-12(15)17-9)16-6-4-3-5-13(2,7-19)8-20/h6,19-20H,3-5,7-8H2,1-2H3,(H4,14,15,17,18). The van der Waals surface area contributed by atoms with Crippen LogP contribution in [0.5, 0.6) is 0 Å². The molecule has 1 aromatic heterocycles. The van der Waals surface area contributed by atoms with Crippen molar-refractivity contribution in [3.63, 3.8) is 0 Å². The van der Waals surface area contributed by atoms with Crippen LogP contribution in [0.25, 0.3) is 0 Å². The summed E-state index contributed by atoms with van der Waals surface area (Å²) in [6.45, 7) is 3.56. The molecule has 0 fully saturated rings. The molecule has 0 amide bonds. The number of aliphatic hydroxyl groups is 2. The molecule has 1 aromatic rings. The van der Waals surface area contributed by atoms with E-state index in [1.807, 2.05) is 6.92 Å². The van der Waals surface area contributed by atoms with Gasteiger partial charge in [0.15, 0.2) is 5.82 Å². The van der Waals surface area contributed by atoms with Crippen molar-refractivity contribution in [3.05, 3.63) is 5.69 Å². The lowest BCUT2D eigenvalue weighted by atomic mass is 9.87. The van der Waals surface area contributed by atoms with Gasteiger partial charge in [-0.15, -0.1) is 0 Å². The fraction of sp³-hybridized carbons (Fsp3) is 0.615. The van der Waals surface area contributed by atoms with E-state index < -0.39 is 5.41 Å². The van der Waals surface area contributed by atoms with Gasteiger partial charge < -0.3 is 21.7 Å². The van der Waals surface area contributed by atoms with Crippen molar-refractivity contribution in [1.29, 1.82) is 0 Å². The van der Waals surface area contributed by atoms with Crippen molar-refractivity contribution >= 4 is 23.7 Å². The third kappa shape index (κ3) is 4.43. The van der Waals surface area contributed by atoms with Crippen LogP contribution in [0.4, 0.5) is 17.5 Å². The minimum atomic E-state index is -0.437. The monoisotopic (exact) mass is 281 g/mol. The Morgan fingerprint density at radius 2 is 1.90 bits per heavy atom. The third-order valence-electron chi connectivity index (χ3n) is 3.20. The second kappa shape index (κ2) is 7.16. The van der Waals surface area contributed by atoms with Gasteiger partial charge in [-0.2, -0.15) is 4.98 Å². The van der Waals surface area contributed by atoms with Crippen LogP contribution < -0.4 is 11.5 Å². The molecule has 6 N–H and O–H groups in total. The van der Waals surface area contributed by atoms with E-state index in [2.05, 4.69) is 15.0 Å². The van der Waals surface area contributed by atoms with Gasteiger partial charge in [-0.05, 0) is 26.2 Å². The van der Waals surface area contributed by atoms with Crippen molar-refractivity contribution < 1.29 is 10.2 Å². The highest BCUT2D eigenvalue weighted by Gasteiger charge is 2.21. The topological polar surface area (TPSA) is 131 Å². The predicted octanol–water partition coefficient (Wildman–Crippen LogP) is 0.813. The van der Waals surface area contributed by atoms with E-state index in [1.165, 1.54) is 0 Å². The smallest absolute Gasteiger partial charge is 0.222 e. The van der Waals surface area contributed by atoms with E-state index in [0.29, 0.717) is 11.4 Å². The molecule has 0 saturated carbocycles. The maximum Gasteiger partial charge on any atom is 0.222 e. The van der Waals surface area contributed by atoms with Gasteiger partial charge in [0.2, 0.25) is 5.95 Å². The number of nitrogens with two attached hydrogens (primary N) is 2. The molecule has 0 aliphatic rings. The van der Waals surface area contributed by atoms with E-state index >= 15 is 0 Å². The van der Waals surface area contributed by atoms with Crippen LogP contribution in [0.2, 0.25) is 0 Å². The quantitative estimate of drug-likeness (QED) is 0.432. The van der Waals surface area contributed by atoms with Crippen molar-refractivity contribution in [2.45, 2.75) is 33.1 Å². The number of hydrogen-bond acceptors (Lipinski definition) is 7. The van der Waals surface area contributed by atoms with Crippen LogP contribution >= 0.6 is 0 Å². The Labute approximate surface area is 118 Å². The van der Waals surface area contributed by atoms with Gasteiger partial charge in [0.25, 0.3) is 0 Å². The molecule has 0 radical (unpaired) electrons. The van der Waals surface area contributed by atoms with Crippen LogP contribution in [0, 0.1) is 12.3 Å².